The van der Waals surface area contributed by atoms with Gasteiger partial charge >= 0.3 is 0 Å². The second kappa shape index (κ2) is 6.56. The van der Waals surface area contributed by atoms with Crippen LogP contribution in [0.5, 0.6) is 0 Å². The lowest BCUT2D eigenvalue weighted by Gasteiger charge is -2.22. The molecule has 1 aromatic carbocycles. The van der Waals surface area contributed by atoms with Crippen LogP contribution in [-0.4, -0.2) is 0 Å². The number of hydrogen-bond donors (Lipinski definition) is 0. The Morgan fingerprint density at radius 2 is 1.68 bits per heavy atom. The molecule has 0 atom stereocenters. The van der Waals surface area contributed by atoms with Crippen LogP contribution >= 0.6 is 0 Å². The Labute approximate surface area is 117 Å². The molecule has 19 heavy (non-hydrogen) atoms. The standard InChI is InChI=1S/C19H24/c1-15(17(3)19-12-8-5-9-13-19)14-16(2)18-10-6-4-7-11-18/h5,8-9,12-14,18H,1,3-4,6-7,10-11H2,2H3/b16-14-. The van der Waals surface area contributed by atoms with Crippen LogP contribution in [0, 0.1) is 5.92 Å². The average molecular weight is 252 g/mol. The second-order valence-electron chi connectivity index (χ2n) is 5.59. The smallest absolute Gasteiger partial charge is 0.0184 e. The second-order valence-corrected chi connectivity index (χ2v) is 5.59. The van der Waals surface area contributed by atoms with Gasteiger partial charge in [0.15, 0.2) is 0 Å². The summed E-state index contributed by atoms with van der Waals surface area (Å²) in [6.45, 7) is 10.6. The summed E-state index contributed by atoms with van der Waals surface area (Å²) in [6, 6.07) is 10.3. The van der Waals surface area contributed by atoms with E-state index in [1.54, 1.807) is 0 Å². The van der Waals surface area contributed by atoms with E-state index in [-0.39, 0.29) is 0 Å². The van der Waals surface area contributed by atoms with Gasteiger partial charge in [-0.15, -0.1) is 0 Å². The Bertz CT molecular complexity index is 470. The van der Waals surface area contributed by atoms with Gasteiger partial charge < -0.3 is 0 Å². The number of allylic oxidation sites excluding steroid dienone is 4. The Kier molecular flexibility index (Phi) is 4.79. The summed E-state index contributed by atoms with van der Waals surface area (Å²) in [6.07, 6.45) is 9.08. The van der Waals surface area contributed by atoms with Crippen molar-refractivity contribution in [2.75, 3.05) is 0 Å². The predicted octanol–water partition coefficient (Wildman–Crippen LogP) is 5.78. The normalized spacial score (nSPS) is 17.2. The Hall–Kier alpha value is -1.56. The lowest BCUT2D eigenvalue weighted by atomic mass is 9.83. The maximum Gasteiger partial charge on any atom is -0.0184 e. The van der Waals surface area contributed by atoms with Gasteiger partial charge in [0.05, 0.1) is 0 Å². The molecule has 1 aliphatic carbocycles. The van der Waals surface area contributed by atoms with Gasteiger partial charge in [-0.25, -0.2) is 0 Å². The molecule has 0 nitrogen and oxygen atoms in total. The van der Waals surface area contributed by atoms with Gasteiger partial charge in [-0.2, -0.15) is 0 Å². The van der Waals surface area contributed by atoms with E-state index in [2.05, 4.69) is 38.3 Å². The summed E-state index contributed by atoms with van der Waals surface area (Å²) < 4.78 is 0. The molecule has 0 heterocycles. The van der Waals surface area contributed by atoms with Crippen LogP contribution in [0.3, 0.4) is 0 Å². The van der Waals surface area contributed by atoms with E-state index in [9.17, 15) is 0 Å². The zero-order valence-electron chi connectivity index (χ0n) is 12.0. The topological polar surface area (TPSA) is 0 Å². The minimum Gasteiger partial charge on any atom is -0.0912 e. The van der Waals surface area contributed by atoms with Crippen LogP contribution in [0.4, 0.5) is 0 Å². The molecule has 0 bridgehead atoms. The van der Waals surface area contributed by atoms with Gasteiger partial charge in [0.25, 0.3) is 0 Å². The third kappa shape index (κ3) is 3.70. The first-order valence-electron chi connectivity index (χ1n) is 7.30. The first-order chi connectivity index (χ1) is 9.18. The minimum absolute atomic E-state index is 0.758. The minimum atomic E-state index is 0.758. The summed E-state index contributed by atoms with van der Waals surface area (Å²) in [7, 11) is 0. The molecule has 1 fully saturated rings. The summed E-state index contributed by atoms with van der Waals surface area (Å²) in [5.74, 6) is 0.758. The summed E-state index contributed by atoms with van der Waals surface area (Å²) in [5.41, 5.74) is 4.73. The van der Waals surface area contributed by atoms with Crippen molar-refractivity contribution < 1.29 is 0 Å². The van der Waals surface area contributed by atoms with Gasteiger partial charge in [0, 0.05) is 0 Å². The van der Waals surface area contributed by atoms with E-state index in [1.165, 1.54) is 43.2 Å². The third-order valence-corrected chi connectivity index (χ3v) is 4.16. The van der Waals surface area contributed by atoms with Gasteiger partial charge in [0.2, 0.25) is 0 Å². The highest BCUT2D eigenvalue weighted by Crippen LogP contribution is 2.31. The van der Waals surface area contributed by atoms with Crippen molar-refractivity contribution in [3.05, 3.63) is 66.3 Å². The molecule has 0 saturated heterocycles. The van der Waals surface area contributed by atoms with Crippen molar-refractivity contribution in [2.45, 2.75) is 39.0 Å². The fourth-order valence-electron chi connectivity index (χ4n) is 2.86. The summed E-state index contributed by atoms with van der Waals surface area (Å²) in [5, 5.41) is 0. The number of hydrogen-bond acceptors (Lipinski definition) is 0. The Morgan fingerprint density at radius 1 is 1.05 bits per heavy atom. The molecule has 0 radical (unpaired) electrons. The van der Waals surface area contributed by atoms with Crippen molar-refractivity contribution in [3.63, 3.8) is 0 Å². The molecule has 2 rings (SSSR count). The quantitative estimate of drug-likeness (QED) is 0.596. The molecule has 100 valence electrons. The van der Waals surface area contributed by atoms with Gasteiger partial charge in [-0.05, 0) is 42.4 Å². The van der Waals surface area contributed by atoms with E-state index in [1.807, 2.05) is 18.2 Å². The largest absolute Gasteiger partial charge is 0.0912 e. The SMILES string of the molecule is C=C(/C=C(/C)C1CCCCC1)C(=C)c1ccccc1. The molecule has 0 aromatic heterocycles. The highest BCUT2D eigenvalue weighted by molar-refractivity contribution is 5.79. The van der Waals surface area contributed by atoms with Crippen LogP contribution in [0.1, 0.15) is 44.6 Å². The van der Waals surface area contributed by atoms with Gasteiger partial charge in [-0.3, -0.25) is 0 Å². The molecular formula is C19H24. The molecule has 0 unspecified atom stereocenters. The first-order valence-corrected chi connectivity index (χ1v) is 7.30. The highest BCUT2D eigenvalue weighted by Gasteiger charge is 2.15. The van der Waals surface area contributed by atoms with E-state index in [0.717, 1.165) is 17.1 Å². The zero-order chi connectivity index (χ0) is 13.7. The van der Waals surface area contributed by atoms with Crippen molar-refractivity contribution in [3.8, 4) is 0 Å². The van der Waals surface area contributed by atoms with Crippen molar-refractivity contribution in [1.82, 2.24) is 0 Å². The van der Waals surface area contributed by atoms with Crippen LogP contribution in [-0.2, 0) is 0 Å². The number of benzene rings is 1. The average Bonchev–Trinajstić information content (AvgIpc) is 2.48. The lowest BCUT2D eigenvalue weighted by molar-refractivity contribution is 0.403. The van der Waals surface area contributed by atoms with Crippen molar-refractivity contribution in [2.24, 2.45) is 5.92 Å². The molecule has 0 spiro atoms. The Morgan fingerprint density at radius 3 is 2.32 bits per heavy atom. The van der Waals surface area contributed by atoms with E-state index >= 15 is 0 Å². The van der Waals surface area contributed by atoms with Crippen LogP contribution in [0.15, 0.2) is 60.7 Å². The van der Waals surface area contributed by atoms with Crippen LogP contribution in [0.25, 0.3) is 5.57 Å². The van der Waals surface area contributed by atoms with Crippen molar-refractivity contribution in [1.29, 1.82) is 0 Å². The Balaban J connectivity index is 2.05. The summed E-state index contributed by atoms with van der Waals surface area (Å²) in [4.78, 5) is 0. The third-order valence-electron chi connectivity index (χ3n) is 4.16. The van der Waals surface area contributed by atoms with Crippen LogP contribution in [0.2, 0.25) is 0 Å². The van der Waals surface area contributed by atoms with E-state index < -0.39 is 0 Å². The molecule has 0 aliphatic heterocycles. The maximum absolute atomic E-state index is 4.19. The highest BCUT2D eigenvalue weighted by atomic mass is 14.2. The molecule has 1 saturated carbocycles. The fraction of sp³-hybridized carbons (Fsp3) is 0.368. The molecule has 1 aliphatic rings. The van der Waals surface area contributed by atoms with E-state index in [0.29, 0.717) is 0 Å². The predicted molar refractivity (Wildman–Crippen MR) is 84.9 cm³/mol. The molecule has 1 aromatic rings. The monoisotopic (exact) mass is 252 g/mol. The molecule has 0 N–H and O–H groups in total. The van der Waals surface area contributed by atoms with Crippen LogP contribution < -0.4 is 0 Å². The molecular weight excluding hydrogens is 228 g/mol. The van der Waals surface area contributed by atoms with Gasteiger partial charge in [-0.1, -0.05) is 74.4 Å². The zero-order valence-corrected chi connectivity index (χ0v) is 12.0. The van der Waals surface area contributed by atoms with E-state index in [4.69, 9.17) is 0 Å². The fourth-order valence-corrected chi connectivity index (χ4v) is 2.86. The number of rotatable bonds is 4. The maximum atomic E-state index is 4.19. The molecule has 0 heteroatoms. The molecule has 0 amide bonds. The summed E-state index contributed by atoms with van der Waals surface area (Å²) >= 11 is 0. The van der Waals surface area contributed by atoms with Gasteiger partial charge in [0.1, 0.15) is 0 Å². The first kappa shape index (κ1) is 13.9. The lowest BCUT2D eigenvalue weighted by Crippen LogP contribution is -2.07. The van der Waals surface area contributed by atoms with Crippen molar-refractivity contribution >= 4 is 5.57 Å².